The Morgan fingerprint density at radius 2 is 1.31 bits per heavy atom. The van der Waals surface area contributed by atoms with E-state index in [1.807, 2.05) is 54.6 Å². The summed E-state index contributed by atoms with van der Waals surface area (Å²) >= 11 is 0. The Bertz CT molecular complexity index is 1520. The number of aromatic nitrogens is 1. The number of nitrogens with zero attached hydrogens (tertiary/aromatic N) is 1. The molecule has 0 unspecified atom stereocenters. The summed E-state index contributed by atoms with van der Waals surface area (Å²) in [4.78, 5) is 11.8. The molecule has 0 saturated carbocycles. The van der Waals surface area contributed by atoms with Crippen LogP contribution in [0.1, 0.15) is 29.3 Å². The van der Waals surface area contributed by atoms with Crippen LogP contribution >= 0.6 is 0 Å². The molecular weight excluding hydrogens is 482 g/mol. The predicted octanol–water partition coefficient (Wildman–Crippen LogP) is 7.82. The van der Waals surface area contributed by atoms with Gasteiger partial charge in [-0.1, -0.05) is 85.8 Å². The maximum Gasteiger partial charge on any atom is 0.345 e. The second kappa shape index (κ2) is 11.9. The van der Waals surface area contributed by atoms with Crippen molar-refractivity contribution in [2.75, 3.05) is 0 Å². The fourth-order valence-electron chi connectivity index (χ4n) is 4.83. The zero-order chi connectivity index (χ0) is 27.2. The Hall–Kier alpha value is -4.57. The Balaban J connectivity index is 1.29. The molecule has 1 N–H and O–H groups in total. The molecular formula is C35H33NO3. The third-order valence-corrected chi connectivity index (χ3v) is 7.16. The molecule has 196 valence electrons. The number of carboxylic acids is 1. The minimum Gasteiger partial charge on any atom is -0.478 e. The van der Waals surface area contributed by atoms with Gasteiger partial charge in [0.15, 0.2) is 6.10 Å². The van der Waals surface area contributed by atoms with Crippen molar-refractivity contribution in [3.05, 3.63) is 138 Å². The molecule has 0 radical (unpaired) electrons. The van der Waals surface area contributed by atoms with Crippen LogP contribution in [0.4, 0.5) is 0 Å². The van der Waals surface area contributed by atoms with Crippen LogP contribution in [0.3, 0.4) is 0 Å². The van der Waals surface area contributed by atoms with Crippen molar-refractivity contribution in [3.8, 4) is 28.1 Å². The van der Waals surface area contributed by atoms with Gasteiger partial charge in [0, 0.05) is 24.4 Å². The Morgan fingerprint density at radius 3 is 1.90 bits per heavy atom. The lowest BCUT2D eigenvalue weighted by Crippen LogP contribution is -2.29. The first-order chi connectivity index (χ1) is 19.0. The molecule has 0 fully saturated rings. The smallest absolute Gasteiger partial charge is 0.345 e. The average Bonchev–Trinajstić information content (AvgIpc) is 3.33. The molecule has 4 nitrogen and oxygen atoms in total. The molecule has 1 aromatic heterocycles. The Kier molecular flexibility index (Phi) is 7.93. The number of aliphatic carboxylic acids is 1. The molecule has 39 heavy (non-hydrogen) atoms. The molecule has 0 amide bonds. The zero-order valence-corrected chi connectivity index (χ0v) is 22.4. The van der Waals surface area contributed by atoms with E-state index in [2.05, 4.69) is 79.1 Å². The molecule has 0 bridgehead atoms. The molecule has 5 rings (SSSR count). The van der Waals surface area contributed by atoms with E-state index < -0.39 is 12.1 Å². The summed E-state index contributed by atoms with van der Waals surface area (Å²) in [6.07, 6.45) is 0.407. The molecule has 5 aromatic rings. The number of benzene rings is 4. The second-order valence-electron chi connectivity index (χ2n) is 9.85. The van der Waals surface area contributed by atoms with Crippen molar-refractivity contribution in [3.63, 3.8) is 0 Å². The van der Waals surface area contributed by atoms with E-state index in [-0.39, 0.29) is 0 Å². The predicted molar refractivity (Wildman–Crippen MR) is 157 cm³/mol. The van der Waals surface area contributed by atoms with Crippen LogP contribution in [0.5, 0.6) is 5.75 Å². The van der Waals surface area contributed by atoms with E-state index in [0.717, 1.165) is 29.8 Å². The minimum atomic E-state index is -0.976. The van der Waals surface area contributed by atoms with Gasteiger partial charge in [-0.15, -0.1) is 0 Å². The quantitative estimate of drug-likeness (QED) is 0.206. The number of carboxylic acid groups (broad SMARTS) is 1. The van der Waals surface area contributed by atoms with Crippen LogP contribution in [0, 0.1) is 6.92 Å². The maximum absolute atomic E-state index is 11.8. The molecule has 0 aliphatic carbocycles. The summed E-state index contributed by atoms with van der Waals surface area (Å²) in [5.41, 5.74) is 9.29. The summed E-state index contributed by atoms with van der Waals surface area (Å²) in [6.45, 7) is 5.05. The average molecular weight is 516 g/mol. The number of hydrogen-bond acceptors (Lipinski definition) is 2. The van der Waals surface area contributed by atoms with Gasteiger partial charge in [0.1, 0.15) is 5.75 Å². The maximum atomic E-state index is 11.8. The summed E-state index contributed by atoms with van der Waals surface area (Å²) in [5, 5.41) is 9.68. The highest BCUT2D eigenvalue weighted by molar-refractivity contribution is 5.73. The molecule has 0 saturated heterocycles. The van der Waals surface area contributed by atoms with E-state index in [0.29, 0.717) is 12.2 Å². The lowest BCUT2D eigenvalue weighted by molar-refractivity contribution is -0.145. The van der Waals surface area contributed by atoms with Gasteiger partial charge in [-0.3, -0.25) is 0 Å². The van der Waals surface area contributed by atoms with Gasteiger partial charge in [0.2, 0.25) is 0 Å². The summed E-state index contributed by atoms with van der Waals surface area (Å²) in [6, 6.07) is 39.0. The van der Waals surface area contributed by atoms with Crippen LogP contribution in [0.2, 0.25) is 0 Å². The van der Waals surface area contributed by atoms with E-state index in [4.69, 9.17) is 4.74 Å². The van der Waals surface area contributed by atoms with Crippen molar-refractivity contribution < 1.29 is 14.6 Å². The molecule has 4 heteroatoms. The highest BCUT2D eigenvalue weighted by Crippen LogP contribution is 2.27. The Labute approximate surface area is 230 Å². The second-order valence-corrected chi connectivity index (χ2v) is 9.85. The molecule has 1 heterocycles. The van der Waals surface area contributed by atoms with E-state index in [9.17, 15) is 9.90 Å². The molecule has 1 atom stereocenters. The van der Waals surface area contributed by atoms with Crippen LogP contribution in [0.15, 0.2) is 115 Å². The van der Waals surface area contributed by atoms with Crippen LogP contribution in [-0.2, 0) is 24.2 Å². The van der Waals surface area contributed by atoms with E-state index in [1.54, 1.807) is 0 Å². The summed E-state index contributed by atoms with van der Waals surface area (Å²) < 4.78 is 8.16. The Morgan fingerprint density at radius 1 is 0.718 bits per heavy atom. The molecule has 0 aliphatic rings. The highest BCUT2D eigenvalue weighted by atomic mass is 16.5. The van der Waals surface area contributed by atoms with Gasteiger partial charge in [-0.2, -0.15) is 0 Å². The SMILES string of the molecule is CCc1ccc(-c2ccc(Cn3c(C)ccc3-c3ccc(O[C@H](Cc4ccccc4)C(=O)O)cc3)cc2)cc1. The third kappa shape index (κ3) is 6.29. The monoisotopic (exact) mass is 515 g/mol. The first-order valence-electron chi connectivity index (χ1n) is 13.4. The summed E-state index contributed by atoms with van der Waals surface area (Å²) in [7, 11) is 0. The van der Waals surface area contributed by atoms with E-state index >= 15 is 0 Å². The topological polar surface area (TPSA) is 51.5 Å². The molecule has 4 aromatic carbocycles. The number of ether oxygens (including phenoxy) is 1. The van der Waals surface area contributed by atoms with Gasteiger partial charge in [0.05, 0.1) is 0 Å². The normalized spacial score (nSPS) is 11.7. The van der Waals surface area contributed by atoms with Crippen molar-refractivity contribution in [2.24, 2.45) is 0 Å². The van der Waals surface area contributed by atoms with Gasteiger partial charge < -0.3 is 14.4 Å². The van der Waals surface area contributed by atoms with Crippen LogP contribution < -0.4 is 4.74 Å². The molecule has 0 spiro atoms. The van der Waals surface area contributed by atoms with E-state index in [1.165, 1.54) is 27.9 Å². The standard InChI is InChI=1S/C35H33NO3/c1-3-26-10-14-29(15-11-26)30-16-12-28(13-17-30)24-36-25(2)9-22-33(36)31-18-20-32(21-19-31)39-34(35(37)38)23-27-7-5-4-6-8-27/h4-22,34H,3,23-24H2,1-2H3,(H,37,38)/t34-/m1/s1. The van der Waals surface area contributed by atoms with Crippen molar-refractivity contribution in [2.45, 2.75) is 39.3 Å². The van der Waals surface area contributed by atoms with Gasteiger partial charge in [-0.25, -0.2) is 4.79 Å². The first kappa shape index (κ1) is 26.1. The zero-order valence-electron chi connectivity index (χ0n) is 22.4. The fourth-order valence-corrected chi connectivity index (χ4v) is 4.83. The van der Waals surface area contributed by atoms with Gasteiger partial charge in [0.25, 0.3) is 0 Å². The third-order valence-electron chi connectivity index (χ3n) is 7.16. The molecule has 0 aliphatic heterocycles. The van der Waals surface area contributed by atoms with Crippen LogP contribution in [0.25, 0.3) is 22.4 Å². The number of carbonyl (C=O) groups is 1. The van der Waals surface area contributed by atoms with Gasteiger partial charge >= 0.3 is 5.97 Å². The fraction of sp³-hybridized carbons (Fsp3) is 0.171. The van der Waals surface area contributed by atoms with Crippen molar-refractivity contribution in [1.82, 2.24) is 4.57 Å². The number of aryl methyl sites for hydroxylation is 2. The lowest BCUT2D eigenvalue weighted by Gasteiger charge is -2.16. The number of hydrogen-bond donors (Lipinski definition) is 1. The van der Waals surface area contributed by atoms with Gasteiger partial charge in [-0.05, 0) is 83.1 Å². The minimum absolute atomic E-state index is 0.308. The van der Waals surface area contributed by atoms with Crippen molar-refractivity contribution >= 4 is 5.97 Å². The lowest BCUT2D eigenvalue weighted by atomic mass is 10.0. The van der Waals surface area contributed by atoms with Crippen molar-refractivity contribution in [1.29, 1.82) is 0 Å². The van der Waals surface area contributed by atoms with Crippen LogP contribution in [-0.4, -0.2) is 21.7 Å². The largest absolute Gasteiger partial charge is 0.478 e. The first-order valence-corrected chi connectivity index (χ1v) is 13.4. The number of rotatable bonds is 10. The summed E-state index contributed by atoms with van der Waals surface area (Å²) in [5.74, 6) is -0.434. The highest BCUT2D eigenvalue weighted by Gasteiger charge is 2.20.